The molecule has 2 aromatic carbocycles. The van der Waals surface area contributed by atoms with E-state index in [1.54, 1.807) is 6.07 Å². The summed E-state index contributed by atoms with van der Waals surface area (Å²) in [6.07, 6.45) is 2.22. The number of aromatic nitrogens is 2. The summed E-state index contributed by atoms with van der Waals surface area (Å²) in [6, 6.07) is 6.64. The zero-order chi connectivity index (χ0) is 21.5. The van der Waals surface area contributed by atoms with E-state index in [4.69, 9.17) is 5.73 Å². The highest BCUT2D eigenvalue weighted by molar-refractivity contribution is 7.93. The Balaban J connectivity index is 1.69. The lowest BCUT2D eigenvalue weighted by Crippen LogP contribution is -2.33. The summed E-state index contributed by atoms with van der Waals surface area (Å²) in [5.74, 6) is -1.75. The number of aliphatic hydroxyl groups excluding tert-OH is 1. The Bertz CT molecular complexity index is 1210. The average molecular weight is 434 g/mol. The average Bonchev–Trinajstić information content (AvgIpc) is 2.70. The number of nitrogens with zero attached hydrogens (tertiary/aromatic N) is 2. The molecule has 158 valence electrons. The van der Waals surface area contributed by atoms with E-state index >= 15 is 4.39 Å². The van der Waals surface area contributed by atoms with Crippen LogP contribution in [-0.4, -0.2) is 34.8 Å². The highest BCUT2D eigenvalue weighted by Crippen LogP contribution is 2.34. The number of halogens is 2. The largest absolute Gasteiger partial charge is 0.393 e. The SMILES string of the molecule is Nc1ncc2cc(-c3c(F)ccc(NS(=O)(=O)[C@H]4CC[C@@H](O)CC4)c3F)ccc2n1. The zero-order valence-electron chi connectivity index (χ0n) is 15.8. The quantitative estimate of drug-likeness (QED) is 0.580. The first-order valence-electron chi connectivity index (χ1n) is 9.45. The van der Waals surface area contributed by atoms with Crippen molar-refractivity contribution in [3.63, 3.8) is 0 Å². The second-order valence-corrected chi connectivity index (χ2v) is 9.32. The van der Waals surface area contributed by atoms with E-state index in [0.29, 0.717) is 23.7 Å². The Kier molecular flexibility index (Phi) is 5.29. The van der Waals surface area contributed by atoms with Gasteiger partial charge in [-0.05, 0) is 55.5 Å². The van der Waals surface area contributed by atoms with Crippen molar-refractivity contribution < 1.29 is 22.3 Å². The molecule has 7 nitrogen and oxygen atoms in total. The number of hydrogen-bond acceptors (Lipinski definition) is 6. The Labute approximate surface area is 172 Å². The molecule has 0 bridgehead atoms. The van der Waals surface area contributed by atoms with E-state index in [-0.39, 0.29) is 35.6 Å². The molecular formula is C20H20F2N4O3S. The van der Waals surface area contributed by atoms with Crippen LogP contribution >= 0.6 is 0 Å². The van der Waals surface area contributed by atoms with Gasteiger partial charge in [0.05, 0.1) is 28.1 Å². The van der Waals surface area contributed by atoms with Crippen molar-refractivity contribution in [2.24, 2.45) is 0 Å². The summed E-state index contributed by atoms with van der Waals surface area (Å²) in [5, 5.41) is 9.37. The van der Waals surface area contributed by atoms with E-state index in [0.717, 1.165) is 12.1 Å². The lowest BCUT2D eigenvalue weighted by molar-refractivity contribution is 0.131. The fourth-order valence-corrected chi connectivity index (χ4v) is 5.21. The summed E-state index contributed by atoms with van der Waals surface area (Å²) >= 11 is 0. The summed E-state index contributed by atoms with van der Waals surface area (Å²) < 4.78 is 57.3. The third kappa shape index (κ3) is 3.92. The lowest BCUT2D eigenvalue weighted by Gasteiger charge is -2.25. The first kappa shape index (κ1) is 20.4. The van der Waals surface area contributed by atoms with Crippen LogP contribution in [-0.2, 0) is 10.0 Å². The molecule has 0 unspecified atom stereocenters. The van der Waals surface area contributed by atoms with Crippen LogP contribution < -0.4 is 10.5 Å². The molecule has 1 heterocycles. The van der Waals surface area contributed by atoms with Crippen molar-refractivity contribution in [1.29, 1.82) is 0 Å². The number of sulfonamides is 1. The fraction of sp³-hybridized carbons (Fsp3) is 0.300. The van der Waals surface area contributed by atoms with E-state index in [1.807, 2.05) is 0 Å². The molecule has 4 rings (SSSR count). The summed E-state index contributed by atoms with van der Waals surface area (Å²) in [6.45, 7) is 0. The van der Waals surface area contributed by atoms with E-state index in [2.05, 4.69) is 14.7 Å². The van der Waals surface area contributed by atoms with Crippen molar-refractivity contribution in [2.75, 3.05) is 10.5 Å². The maximum absolute atomic E-state index is 15.2. The smallest absolute Gasteiger partial charge is 0.235 e. The molecule has 1 aromatic heterocycles. The van der Waals surface area contributed by atoms with Gasteiger partial charge in [-0.25, -0.2) is 27.2 Å². The Morgan fingerprint density at radius 3 is 2.57 bits per heavy atom. The van der Waals surface area contributed by atoms with Crippen LogP contribution in [0.2, 0.25) is 0 Å². The van der Waals surface area contributed by atoms with Gasteiger partial charge in [-0.1, -0.05) is 6.07 Å². The van der Waals surface area contributed by atoms with Gasteiger partial charge in [0.2, 0.25) is 16.0 Å². The van der Waals surface area contributed by atoms with Crippen LogP contribution in [0.25, 0.3) is 22.0 Å². The standard InChI is InChI=1S/C20H20F2N4O3S/c21-15-6-8-17(26-30(28,29)14-4-2-13(27)3-5-14)19(22)18(15)11-1-7-16-12(9-11)10-24-20(23)25-16/h1,6-10,13-14,26-27H,2-5H2,(H2,23,24,25)/t13-,14+. The predicted octanol–water partition coefficient (Wildman–Crippen LogP) is 3.20. The van der Waals surface area contributed by atoms with Gasteiger partial charge in [0, 0.05) is 11.6 Å². The molecular weight excluding hydrogens is 414 g/mol. The summed E-state index contributed by atoms with van der Waals surface area (Å²) in [5.41, 5.74) is 5.60. The van der Waals surface area contributed by atoms with Gasteiger partial charge in [-0.3, -0.25) is 4.72 Å². The minimum absolute atomic E-state index is 0.0826. The first-order valence-corrected chi connectivity index (χ1v) is 11.0. The van der Waals surface area contributed by atoms with Crippen LogP contribution in [0.5, 0.6) is 0 Å². The van der Waals surface area contributed by atoms with Gasteiger partial charge in [0.15, 0.2) is 5.82 Å². The summed E-state index contributed by atoms with van der Waals surface area (Å²) in [7, 11) is -3.89. The van der Waals surface area contributed by atoms with Gasteiger partial charge < -0.3 is 10.8 Å². The zero-order valence-corrected chi connectivity index (χ0v) is 16.7. The molecule has 0 spiro atoms. The molecule has 1 aliphatic carbocycles. The van der Waals surface area contributed by atoms with E-state index in [1.165, 1.54) is 18.3 Å². The van der Waals surface area contributed by atoms with Crippen LogP contribution in [0.1, 0.15) is 25.7 Å². The molecule has 10 heteroatoms. The van der Waals surface area contributed by atoms with Crippen molar-refractivity contribution in [1.82, 2.24) is 9.97 Å². The highest BCUT2D eigenvalue weighted by atomic mass is 32.2. The number of anilines is 2. The third-order valence-corrected chi connectivity index (χ3v) is 7.17. The fourth-order valence-electron chi connectivity index (χ4n) is 3.69. The van der Waals surface area contributed by atoms with E-state index in [9.17, 15) is 17.9 Å². The Morgan fingerprint density at radius 2 is 1.83 bits per heavy atom. The molecule has 1 fully saturated rings. The number of benzene rings is 2. The third-order valence-electron chi connectivity index (χ3n) is 5.31. The van der Waals surface area contributed by atoms with Gasteiger partial charge in [0.1, 0.15) is 5.82 Å². The lowest BCUT2D eigenvalue weighted by atomic mass is 9.97. The predicted molar refractivity (Wildman–Crippen MR) is 110 cm³/mol. The minimum Gasteiger partial charge on any atom is -0.393 e. The number of nitrogens with two attached hydrogens (primary N) is 1. The molecule has 1 saturated carbocycles. The van der Waals surface area contributed by atoms with E-state index < -0.39 is 33.0 Å². The second-order valence-electron chi connectivity index (χ2n) is 7.36. The maximum atomic E-state index is 15.2. The van der Waals surface area contributed by atoms with Crippen LogP contribution in [0, 0.1) is 11.6 Å². The first-order chi connectivity index (χ1) is 14.2. The molecule has 0 atom stereocenters. The molecule has 0 amide bonds. The van der Waals surface area contributed by atoms with Gasteiger partial charge >= 0.3 is 0 Å². The molecule has 0 radical (unpaired) electrons. The molecule has 30 heavy (non-hydrogen) atoms. The molecule has 0 saturated heterocycles. The summed E-state index contributed by atoms with van der Waals surface area (Å²) in [4.78, 5) is 7.93. The highest BCUT2D eigenvalue weighted by Gasteiger charge is 2.31. The normalized spacial score (nSPS) is 19.7. The number of hydrogen-bond donors (Lipinski definition) is 3. The Hall–Kier alpha value is -2.85. The van der Waals surface area contributed by atoms with Crippen molar-refractivity contribution in [2.45, 2.75) is 37.0 Å². The molecule has 3 aromatic rings. The second kappa shape index (κ2) is 7.77. The number of aliphatic hydroxyl groups is 1. The maximum Gasteiger partial charge on any atom is 0.235 e. The molecule has 0 aliphatic heterocycles. The number of fused-ring (bicyclic) bond motifs is 1. The van der Waals surface area contributed by atoms with Crippen molar-refractivity contribution in [3.05, 3.63) is 48.2 Å². The van der Waals surface area contributed by atoms with Crippen molar-refractivity contribution in [3.8, 4) is 11.1 Å². The van der Waals surface area contributed by atoms with Crippen LogP contribution in [0.4, 0.5) is 20.4 Å². The van der Waals surface area contributed by atoms with Gasteiger partial charge in [-0.2, -0.15) is 0 Å². The molecule has 1 aliphatic rings. The number of rotatable bonds is 4. The monoisotopic (exact) mass is 434 g/mol. The molecule has 4 N–H and O–H groups in total. The van der Waals surface area contributed by atoms with Gasteiger partial charge in [-0.15, -0.1) is 0 Å². The van der Waals surface area contributed by atoms with Crippen LogP contribution in [0.15, 0.2) is 36.5 Å². The number of nitrogen functional groups attached to an aromatic ring is 1. The van der Waals surface area contributed by atoms with Gasteiger partial charge in [0.25, 0.3) is 0 Å². The minimum atomic E-state index is -3.89. The number of nitrogens with one attached hydrogen (secondary N) is 1. The Morgan fingerprint density at radius 1 is 1.10 bits per heavy atom. The van der Waals surface area contributed by atoms with Crippen LogP contribution in [0.3, 0.4) is 0 Å². The van der Waals surface area contributed by atoms with Crippen molar-refractivity contribution >= 4 is 32.6 Å². The topological polar surface area (TPSA) is 118 Å².